The number of amides is 1. The van der Waals surface area contributed by atoms with Crippen molar-refractivity contribution in [3.63, 3.8) is 0 Å². The van der Waals surface area contributed by atoms with Gasteiger partial charge in [0.25, 0.3) is 0 Å². The Kier molecular flexibility index (Phi) is 9.13. The van der Waals surface area contributed by atoms with Crippen molar-refractivity contribution >= 4 is 18.3 Å². The molecule has 1 aromatic carbocycles. The first-order valence-corrected chi connectivity index (χ1v) is 7.89. The SMILES string of the molecule is Cl.NCCCN(Cc1ccccc1)C(=O)CC1CCOCC1. The lowest BCUT2D eigenvalue weighted by Crippen LogP contribution is -2.34. The average molecular weight is 327 g/mol. The first-order valence-electron chi connectivity index (χ1n) is 7.89. The number of carbonyl (C=O) groups excluding carboxylic acids is 1. The van der Waals surface area contributed by atoms with E-state index in [-0.39, 0.29) is 18.3 Å². The van der Waals surface area contributed by atoms with Crippen LogP contribution >= 0.6 is 12.4 Å². The lowest BCUT2D eigenvalue weighted by molar-refractivity contribution is -0.133. The van der Waals surface area contributed by atoms with Crippen molar-refractivity contribution in [3.05, 3.63) is 35.9 Å². The van der Waals surface area contributed by atoms with E-state index in [1.807, 2.05) is 23.1 Å². The molecular weight excluding hydrogens is 300 g/mol. The smallest absolute Gasteiger partial charge is 0.223 e. The number of ether oxygens (including phenoxy) is 1. The van der Waals surface area contributed by atoms with Crippen LogP contribution in [0.25, 0.3) is 0 Å². The Hall–Kier alpha value is -1.10. The topological polar surface area (TPSA) is 55.6 Å². The molecular formula is C17H27ClN2O2. The van der Waals surface area contributed by atoms with Crippen molar-refractivity contribution in [1.29, 1.82) is 0 Å². The van der Waals surface area contributed by atoms with Gasteiger partial charge in [-0.25, -0.2) is 0 Å². The highest BCUT2D eigenvalue weighted by molar-refractivity contribution is 5.85. The molecule has 0 radical (unpaired) electrons. The summed E-state index contributed by atoms with van der Waals surface area (Å²) < 4.78 is 5.36. The van der Waals surface area contributed by atoms with Crippen LogP contribution in [0.2, 0.25) is 0 Å². The summed E-state index contributed by atoms with van der Waals surface area (Å²) in [6, 6.07) is 10.2. The maximum absolute atomic E-state index is 12.6. The molecule has 1 heterocycles. The Labute approximate surface area is 139 Å². The van der Waals surface area contributed by atoms with Crippen LogP contribution in [-0.4, -0.2) is 37.1 Å². The number of hydrogen-bond acceptors (Lipinski definition) is 3. The molecule has 5 heteroatoms. The monoisotopic (exact) mass is 326 g/mol. The summed E-state index contributed by atoms with van der Waals surface area (Å²) in [7, 11) is 0. The van der Waals surface area contributed by atoms with E-state index < -0.39 is 0 Å². The van der Waals surface area contributed by atoms with Gasteiger partial charge in [0, 0.05) is 32.7 Å². The third-order valence-electron chi connectivity index (χ3n) is 4.01. The van der Waals surface area contributed by atoms with Gasteiger partial charge in [-0.3, -0.25) is 4.79 Å². The molecule has 1 fully saturated rings. The van der Waals surface area contributed by atoms with Gasteiger partial charge in [0.05, 0.1) is 0 Å². The maximum atomic E-state index is 12.6. The van der Waals surface area contributed by atoms with Crippen molar-refractivity contribution in [1.82, 2.24) is 4.90 Å². The minimum Gasteiger partial charge on any atom is -0.381 e. The molecule has 1 aliphatic heterocycles. The van der Waals surface area contributed by atoms with Crippen LogP contribution in [0, 0.1) is 5.92 Å². The molecule has 2 rings (SSSR count). The molecule has 1 amide bonds. The Morgan fingerprint density at radius 2 is 1.91 bits per heavy atom. The fourth-order valence-corrected chi connectivity index (χ4v) is 2.70. The predicted octanol–water partition coefficient (Wildman–Crippen LogP) is 2.60. The van der Waals surface area contributed by atoms with Gasteiger partial charge < -0.3 is 15.4 Å². The summed E-state index contributed by atoms with van der Waals surface area (Å²) in [5.41, 5.74) is 6.78. The van der Waals surface area contributed by atoms with E-state index in [2.05, 4.69) is 12.1 Å². The van der Waals surface area contributed by atoms with E-state index in [9.17, 15) is 4.79 Å². The number of benzene rings is 1. The van der Waals surface area contributed by atoms with Gasteiger partial charge in [0.15, 0.2) is 0 Å². The van der Waals surface area contributed by atoms with Gasteiger partial charge in [0.2, 0.25) is 5.91 Å². The molecule has 0 bridgehead atoms. The van der Waals surface area contributed by atoms with Crippen LogP contribution < -0.4 is 5.73 Å². The number of carbonyl (C=O) groups is 1. The molecule has 0 unspecified atom stereocenters. The third-order valence-corrected chi connectivity index (χ3v) is 4.01. The van der Waals surface area contributed by atoms with Crippen LogP contribution in [-0.2, 0) is 16.1 Å². The zero-order valence-electron chi connectivity index (χ0n) is 13.1. The van der Waals surface area contributed by atoms with Gasteiger partial charge in [-0.2, -0.15) is 0 Å². The molecule has 0 aliphatic carbocycles. The molecule has 4 nitrogen and oxygen atoms in total. The lowest BCUT2D eigenvalue weighted by Gasteiger charge is -2.27. The van der Waals surface area contributed by atoms with Gasteiger partial charge in [-0.1, -0.05) is 30.3 Å². The first kappa shape index (κ1) is 18.9. The second-order valence-corrected chi connectivity index (χ2v) is 5.70. The normalized spacial score (nSPS) is 15.1. The van der Waals surface area contributed by atoms with Crippen LogP contribution in [0.1, 0.15) is 31.2 Å². The summed E-state index contributed by atoms with van der Waals surface area (Å²) in [5.74, 6) is 0.724. The second-order valence-electron chi connectivity index (χ2n) is 5.70. The number of halogens is 1. The van der Waals surface area contributed by atoms with Crippen molar-refractivity contribution < 1.29 is 9.53 Å². The van der Waals surface area contributed by atoms with Crippen molar-refractivity contribution in [3.8, 4) is 0 Å². The van der Waals surface area contributed by atoms with Crippen LogP contribution in [0.5, 0.6) is 0 Å². The zero-order valence-corrected chi connectivity index (χ0v) is 13.9. The van der Waals surface area contributed by atoms with E-state index in [0.29, 0.717) is 25.4 Å². The van der Waals surface area contributed by atoms with Gasteiger partial charge >= 0.3 is 0 Å². The standard InChI is InChI=1S/C17H26N2O2.ClH/c18-9-4-10-19(14-16-5-2-1-3-6-16)17(20)13-15-7-11-21-12-8-15;/h1-3,5-6,15H,4,7-14,18H2;1H. The van der Waals surface area contributed by atoms with E-state index >= 15 is 0 Å². The minimum atomic E-state index is 0. The minimum absolute atomic E-state index is 0. The van der Waals surface area contributed by atoms with E-state index in [1.165, 1.54) is 5.56 Å². The van der Waals surface area contributed by atoms with Crippen LogP contribution in [0.15, 0.2) is 30.3 Å². The van der Waals surface area contributed by atoms with Crippen LogP contribution in [0.4, 0.5) is 0 Å². The molecule has 2 N–H and O–H groups in total. The average Bonchev–Trinajstić information content (AvgIpc) is 2.53. The molecule has 1 aliphatic rings. The lowest BCUT2D eigenvalue weighted by atomic mass is 9.96. The largest absolute Gasteiger partial charge is 0.381 e. The molecule has 0 atom stereocenters. The summed E-state index contributed by atoms with van der Waals surface area (Å²) in [6.07, 6.45) is 3.50. The Bertz CT molecular complexity index is 422. The molecule has 1 saturated heterocycles. The zero-order chi connectivity index (χ0) is 14.9. The van der Waals surface area contributed by atoms with Gasteiger partial charge in [0.1, 0.15) is 0 Å². The van der Waals surface area contributed by atoms with E-state index in [4.69, 9.17) is 10.5 Å². The molecule has 0 aromatic heterocycles. The highest BCUT2D eigenvalue weighted by Gasteiger charge is 2.21. The summed E-state index contributed by atoms with van der Waals surface area (Å²) in [6.45, 7) is 3.63. The third kappa shape index (κ3) is 6.34. The predicted molar refractivity (Wildman–Crippen MR) is 90.9 cm³/mol. The molecule has 22 heavy (non-hydrogen) atoms. The Balaban J connectivity index is 0.00000242. The first-order chi connectivity index (χ1) is 10.3. The van der Waals surface area contributed by atoms with Gasteiger partial charge in [-0.15, -0.1) is 12.4 Å². The van der Waals surface area contributed by atoms with Crippen molar-refractivity contribution in [2.75, 3.05) is 26.3 Å². The summed E-state index contributed by atoms with van der Waals surface area (Å²) in [4.78, 5) is 14.5. The van der Waals surface area contributed by atoms with E-state index in [0.717, 1.165) is 39.0 Å². The Morgan fingerprint density at radius 3 is 2.55 bits per heavy atom. The number of nitrogens with two attached hydrogens (primary N) is 1. The summed E-state index contributed by atoms with van der Waals surface area (Å²) in [5, 5.41) is 0. The molecule has 0 saturated carbocycles. The number of hydrogen-bond donors (Lipinski definition) is 1. The molecule has 124 valence electrons. The van der Waals surface area contributed by atoms with Crippen molar-refractivity contribution in [2.45, 2.75) is 32.2 Å². The molecule has 1 aromatic rings. The highest BCUT2D eigenvalue weighted by Crippen LogP contribution is 2.20. The fourth-order valence-electron chi connectivity index (χ4n) is 2.70. The number of nitrogens with zero attached hydrogens (tertiary/aromatic N) is 1. The fraction of sp³-hybridized carbons (Fsp3) is 0.588. The number of rotatable bonds is 7. The van der Waals surface area contributed by atoms with Gasteiger partial charge in [-0.05, 0) is 37.3 Å². The highest BCUT2D eigenvalue weighted by atomic mass is 35.5. The summed E-state index contributed by atoms with van der Waals surface area (Å²) >= 11 is 0. The molecule has 0 spiro atoms. The van der Waals surface area contributed by atoms with Crippen LogP contribution in [0.3, 0.4) is 0 Å². The second kappa shape index (κ2) is 10.6. The van der Waals surface area contributed by atoms with Crippen molar-refractivity contribution in [2.24, 2.45) is 11.7 Å². The quantitative estimate of drug-likeness (QED) is 0.838. The van der Waals surface area contributed by atoms with E-state index in [1.54, 1.807) is 0 Å². The Morgan fingerprint density at radius 1 is 1.23 bits per heavy atom. The maximum Gasteiger partial charge on any atom is 0.223 e.